The number of non-ortho nitro benzene ring substituents is 1. The van der Waals surface area contributed by atoms with Crippen LogP contribution < -0.4 is 4.74 Å². The van der Waals surface area contributed by atoms with E-state index in [-0.39, 0.29) is 21.9 Å². The Morgan fingerprint density at radius 3 is 2.18 bits per heavy atom. The highest BCUT2D eigenvalue weighted by Gasteiger charge is 2.28. The second-order valence-corrected chi connectivity index (χ2v) is 8.69. The number of nitro benzene ring substituents is 1. The Balaban J connectivity index is 1.69. The molecule has 0 saturated carbocycles. The van der Waals surface area contributed by atoms with Gasteiger partial charge in [-0.25, -0.2) is 13.2 Å². The van der Waals surface area contributed by atoms with Crippen LogP contribution >= 0.6 is 0 Å². The van der Waals surface area contributed by atoms with Crippen molar-refractivity contribution in [3.05, 3.63) is 64.2 Å². The molecule has 0 unspecified atom stereocenters. The van der Waals surface area contributed by atoms with Gasteiger partial charge in [0, 0.05) is 25.2 Å². The van der Waals surface area contributed by atoms with Gasteiger partial charge in [0.25, 0.3) is 5.69 Å². The first kappa shape index (κ1) is 20.0. The van der Waals surface area contributed by atoms with Gasteiger partial charge in [-0.3, -0.25) is 10.1 Å². The fraction of sp³-hybridized carbons (Fsp3) is 0.316. The van der Waals surface area contributed by atoms with Gasteiger partial charge in [0.2, 0.25) is 10.0 Å². The molecule has 0 atom stereocenters. The number of nitro groups is 1. The standard InChI is InChI=1S/C19H20N2O6S/c1-14-10-12-20(13-11-14)28(25,26)18-8-2-15(3-9-18)19(22)27-17-6-4-16(5-7-17)21(23)24/h2-9,14H,10-13H2,1H3. The third-order valence-electron chi connectivity index (χ3n) is 4.73. The lowest BCUT2D eigenvalue weighted by Crippen LogP contribution is -2.37. The molecule has 0 amide bonds. The SMILES string of the molecule is CC1CCN(S(=O)(=O)c2ccc(C(=O)Oc3ccc([N+](=O)[O-])cc3)cc2)CC1. The largest absolute Gasteiger partial charge is 0.423 e. The van der Waals surface area contributed by atoms with Gasteiger partial charge in [-0.05, 0) is 55.2 Å². The lowest BCUT2D eigenvalue weighted by Gasteiger charge is -2.29. The molecule has 28 heavy (non-hydrogen) atoms. The molecule has 8 nitrogen and oxygen atoms in total. The number of sulfonamides is 1. The van der Waals surface area contributed by atoms with Crippen LogP contribution in [0.15, 0.2) is 53.4 Å². The average molecular weight is 404 g/mol. The van der Waals surface area contributed by atoms with E-state index in [0.29, 0.717) is 19.0 Å². The van der Waals surface area contributed by atoms with Crippen LogP contribution in [-0.2, 0) is 10.0 Å². The summed E-state index contributed by atoms with van der Waals surface area (Å²) < 4.78 is 32.1. The summed E-state index contributed by atoms with van der Waals surface area (Å²) in [6.45, 7) is 3.09. The molecule has 1 aliphatic rings. The van der Waals surface area contributed by atoms with E-state index in [1.54, 1.807) is 0 Å². The van der Waals surface area contributed by atoms with Gasteiger partial charge in [-0.2, -0.15) is 4.31 Å². The van der Waals surface area contributed by atoms with E-state index in [4.69, 9.17) is 4.74 Å². The zero-order chi connectivity index (χ0) is 20.3. The summed E-state index contributed by atoms with van der Waals surface area (Å²) in [5.74, 6) is 0.00218. The van der Waals surface area contributed by atoms with E-state index in [2.05, 4.69) is 6.92 Å². The van der Waals surface area contributed by atoms with Crippen molar-refractivity contribution in [3.8, 4) is 5.75 Å². The second-order valence-electron chi connectivity index (χ2n) is 6.75. The van der Waals surface area contributed by atoms with Gasteiger partial charge >= 0.3 is 5.97 Å². The minimum Gasteiger partial charge on any atom is -0.423 e. The molecule has 0 aliphatic carbocycles. The zero-order valence-corrected chi connectivity index (χ0v) is 16.1. The zero-order valence-electron chi connectivity index (χ0n) is 15.3. The van der Waals surface area contributed by atoms with Crippen LogP contribution in [0.3, 0.4) is 0 Å². The summed E-state index contributed by atoms with van der Waals surface area (Å²) in [6, 6.07) is 10.7. The molecule has 0 N–H and O–H groups in total. The lowest BCUT2D eigenvalue weighted by atomic mass is 10.0. The fourth-order valence-electron chi connectivity index (χ4n) is 2.94. The molecule has 1 aliphatic heterocycles. The summed E-state index contributed by atoms with van der Waals surface area (Å²) in [6.07, 6.45) is 1.66. The summed E-state index contributed by atoms with van der Waals surface area (Å²) in [4.78, 5) is 22.4. The van der Waals surface area contributed by atoms with E-state index in [9.17, 15) is 23.3 Å². The normalized spacial score (nSPS) is 15.9. The topological polar surface area (TPSA) is 107 Å². The predicted molar refractivity (Wildman–Crippen MR) is 102 cm³/mol. The number of hydrogen-bond acceptors (Lipinski definition) is 6. The first-order chi connectivity index (χ1) is 13.3. The molecule has 1 saturated heterocycles. The first-order valence-electron chi connectivity index (χ1n) is 8.84. The Hall–Kier alpha value is -2.78. The number of esters is 1. The number of carbonyl (C=O) groups is 1. The van der Waals surface area contributed by atoms with Crippen molar-refractivity contribution in [2.24, 2.45) is 5.92 Å². The van der Waals surface area contributed by atoms with E-state index in [1.165, 1.54) is 52.8 Å². The summed E-state index contributed by atoms with van der Waals surface area (Å²) >= 11 is 0. The molecule has 9 heteroatoms. The summed E-state index contributed by atoms with van der Waals surface area (Å²) in [5, 5.41) is 10.6. The van der Waals surface area contributed by atoms with Gasteiger partial charge in [-0.1, -0.05) is 6.92 Å². The van der Waals surface area contributed by atoms with Crippen LogP contribution in [0.2, 0.25) is 0 Å². The summed E-state index contributed by atoms with van der Waals surface area (Å²) in [5.41, 5.74) is 0.0750. The van der Waals surface area contributed by atoms with Gasteiger partial charge in [-0.15, -0.1) is 0 Å². The number of nitrogens with zero attached hydrogens (tertiary/aromatic N) is 2. The monoisotopic (exact) mass is 404 g/mol. The van der Waals surface area contributed by atoms with Gasteiger partial charge in [0.05, 0.1) is 15.4 Å². The Kier molecular flexibility index (Phi) is 5.76. The number of piperidine rings is 1. The average Bonchev–Trinajstić information content (AvgIpc) is 2.69. The van der Waals surface area contributed by atoms with Crippen LogP contribution in [-0.4, -0.2) is 36.7 Å². The Morgan fingerprint density at radius 1 is 1.07 bits per heavy atom. The molecule has 0 bridgehead atoms. The third-order valence-corrected chi connectivity index (χ3v) is 6.64. The Bertz CT molecular complexity index is 962. The van der Waals surface area contributed by atoms with E-state index < -0.39 is 20.9 Å². The third kappa shape index (κ3) is 4.37. The van der Waals surface area contributed by atoms with Gasteiger partial charge < -0.3 is 4.74 Å². The molecule has 0 spiro atoms. The predicted octanol–water partition coefficient (Wildman–Crippen LogP) is 3.23. The fourth-order valence-corrected chi connectivity index (χ4v) is 4.41. The Labute approximate surface area is 162 Å². The van der Waals surface area contributed by atoms with Crippen molar-refractivity contribution in [2.45, 2.75) is 24.7 Å². The number of hydrogen-bond donors (Lipinski definition) is 0. The number of rotatable bonds is 5. The maximum atomic E-state index is 12.7. The van der Waals surface area contributed by atoms with Crippen LogP contribution in [0, 0.1) is 16.0 Å². The van der Waals surface area contributed by atoms with Crippen LogP contribution in [0.1, 0.15) is 30.1 Å². The quantitative estimate of drug-likeness (QED) is 0.328. The van der Waals surface area contributed by atoms with Crippen LogP contribution in [0.5, 0.6) is 5.75 Å². The van der Waals surface area contributed by atoms with Crippen molar-refractivity contribution >= 4 is 21.7 Å². The van der Waals surface area contributed by atoms with Crippen molar-refractivity contribution in [3.63, 3.8) is 0 Å². The van der Waals surface area contributed by atoms with Crippen molar-refractivity contribution in [1.82, 2.24) is 4.31 Å². The summed E-state index contributed by atoms with van der Waals surface area (Å²) in [7, 11) is -3.58. The Morgan fingerprint density at radius 2 is 1.64 bits per heavy atom. The van der Waals surface area contributed by atoms with E-state index in [0.717, 1.165) is 12.8 Å². The minimum absolute atomic E-state index is 0.110. The molecule has 148 valence electrons. The van der Waals surface area contributed by atoms with Crippen LogP contribution in [0.4, 0.5) is 5.69 Å². The molecular formula is C19H20N2O6S. The smallest absolute Gasteiger partial charge is 0.343 e. The van der Waals surface area contributed by atoms with E-state index in [1.807, 2.05) is 0 Å². The minimum atomic E-state index is -3.58. The van der Waals surface area contributed by atoms with Gasteiger partial charge in [0.15, 0.2) is 0 Å². The highest BCUT2D eigenvalue weighted by atomic mass is 32.2. The molecular weight excluding hydrogens is 384 g/mol. The molecule has 3 rings (SSSR count). The molecule has 0 aromatic heterocycles. The van der Waals surface area contributed by atoms with E-state index >= 15 is 0 Å². The van der Waals surface area contributed by atoms with Gasteiger partial charge in [0.1, 0.15) is 5.75 Å². The molecule has 2 aromatic carbocycles. The van der Waals surface area contributed by atoms with Crippen LogP contribution in [0.25, 0.3) is 0 Å². The number of benzene rings is 2. The lowest BCUT2D eigenvalue weighted by molar-refractivity contribution is -0.384. The molecule has 1 fully saturated rings. The van der Waals surface area contributed by atoms with Crippen molar-refractivity contribution in [1.29, 1.82) is 0 Å². The number of carbonyl (C=O) groups excluding carboxylic acids is 1. The highest BCUT2D eigenvalue weighted by Crippen LogP contribution is 2.24. The van der Waals surface area contributed by atoms with Crippen molar-refractivity contribution < 1.29 is 22.9 Å². The molecule has 0 radical (unpaired) electrons. The van der Waals surface area contributed by atoms with Crippen molar-refractivity contribution in [2.75, 3.05) is 13.1 Å². The maximum absolute atomic E-state index is 12.7. The second kappa shape index (κ2) is 8.07. The number of ether oxygens (including phenoxy) is 1. The maximum Gasteiger partial charge on any atom is 0.343 e. The molecule has 1 heterocycles. The molecule has 2 aromatic rings. The first-order valence-corrected chi connectivity index (χ1v) is 10.3. The highest BCUT2D eigenvalue weighted by molar-refractivity contribution is 7.89.